The van der Waals surface area contributed by atoms with Gasteiger partial charge in [0.1, 0.15) is 12.0 Å². The van der Waals surface area contributed by atoms with Crippen molar-refractivity contribution in [3.63, 3.8) is 0 Å². The molecule has 0 aliphatic carbocycles. The van der Waals surface area contributed by atoms with Crippen molar-refractivity contribution in [3.05, 3.63) is 12.2 Å². The third-order valence-corrected chi connectivity index (χ3v) is 6.87. The zero-order valence-electron chi connectivity index (χ0n) is 22.1. The summed E-state index contributed by atoms with van der Waals surface area (Å²) in [6.45, 7) is 9.11. The summed E-state index contributed by atoms with van der Waals surface area (Å²) in [4.78, 5) is 12.6. The van der Waals surface area contributed by atoms with Crippen LogP contribution in [0.2, 0.25) is 0 Å². The summed E-state index contributed by atoms with van der Waals surface area (Å²) in [7, 11) is 1.20. The minimum atomic E-state index is -1.88. The van der Waals surface area contributed by atoms with Crippen LogP contribution >= 0.6 is 0 Å². The highest BCUT2D eigenvalue weighted by molar-refractivity contribution is 5.74. The molecule has 36 heavy (non-hydrogen) atoms. The SMILES string of the molecule is COC(=O)[C@H]1C(C[C@H](/C=C/C(C)C)OC2OC(C)C(O)C(N)C2O)O[C@](O)(C[C@@H](O)C(C)C)C[C@@H]1O. The van der Waals surface area contributed by atoms with Gasteiger partial charge in [0.2, 0.25) is 0 Å². The van der Waals surface area contributed by atoms with E-state index in [2.05, 4.69) is 0 Å². The van der Waals surface area contributed by atoms with Crippen LogP contribution in [0.5, 0.6) is 0 Å². The van der Waals surface area contributed by atoms with Crippen molar-refractivity contribution in [3.8, 4) is 0 Å². The van der Waals surface area contributed by atoms with Crippen molar-refractivity contribution >= 4 is 5.97 Å². The fraction of sp³-hybridized carbons (Fsp3) is 0.880. The zero-order valence-corrected chi connectivity index (χ0v) is 22.1. The van der Waals surface area contributed by atoms with Crippen LogP contribution in [0.15, 0.2) is 12.2 Å². The van der Waals surface area contributed by atoms with Gasteiger partial charge in [-0.25, -0.2) is 0 Å². The molecule has 0 amide bonds. The molecule has 0 bridgehead atoms. The smallest absolute Gasteiger partial charge is 0.313 e. The van der Waals surface area contributed by atoms with Gasteiger partial charge < -0.3 is 50.2 Å². The van der Waals surface area contributed by atoms with Crippen molar-refractivity contribution in [1.82, 2.24) is 0 Å². The van der Waals surface area contributed by atoms with E-state index in [1.54, 1.807) is 26.8 Å². The molecule has 2 aliphatic heterocycles. The van der Waals surface area contributed by atoms with Crippen LogP contribution in [0.3, 0.4) is 0 Å². The molecular formula is C25H45NO10. The predicted molar refractivity (Wildman–Crippen MR) is 129 cm³/mol. The van der Waals surface area contributed by atoms with Gasteiger partial charge >= 0.3 is 5.97 Å². The van der Waals surface area contributed by atoms with Gasteiger partial charge in [-0.1, -0.05) is 39.8 Å². The number of hydrogen-bond acceptors (Lipinski definition) is 11. The lowest BCUT2D eigenvalue weighted by Crippen LogP contribution is -2.61. The lowest BCUT2D eigenvalue weighted by Gasteiger charge is -2.45. The van der Waals surface area contributed by atoms with Gasteiger partial charge in [0, 0.05) is 19.3 Å². The van der Waals surface area contributed by atoms with E-state index in [9.17, 15) is 30.3 Å². The fourth-order valence-corrected chi connectivity index (χ4v) is 4.55. The summed E-state index contributed by atoms with van der Waals surface area (Å²) < 4.78 is 22.5. The summed E-state index contributed by atoms with van der Waals surface area (Å²) in [6.07, 6.45) is -5.17. The van der Waals surface area contributed by atoms with Crippen molar-refractivity contribution < 1.29 is 49.3 Å². The summed E-state index contributed by atoms with van der Waals surface area (Å²) >= 11 is 0. The van der Waals surface area contributed by atoms with E-state index in [1.165, 1.54) is 7.11 Å². The van der Waals surface area contributed by atoms with Crippen molar-refractivity contribution in [2.75, 3.05) is 7.11 Å². The second-order valence-corrected chi connectivity index (χ2v) is 10.7. The van der Waals surface area contributed by atoms with Crippen LogP contribution in [0, 0.1) is 17.8 Å². The third kappa shape index (κ3) is 7.92. The quantitative estimate of drug-likeness (QED) is 0.166. The molecule has 0 radical (unpaired) electrons. The van der Waals surface area contributed by atoms with Gasteiger partial charge in [0.25, 0.3) is 0 Å². The average molecular weight is 520 g/mol. The molecule has 11 atom stereocenters. The molecule has 0 aromatic heterocycles. The molecule has 2 heterocycles. The number of hydrogen-bond donors (Lipinski definition) is 6. The molecule has 11 nitrogen and oxygen atoms in total. The first-order valence-electron chi connectivity index (χ1n) is 12.6. The zero-order chi connectivity index (χ0) is 27.4. The number of carbonyl (C=O) groups is 1. The van der Waals surface area contributed by atoms with E-state index in [4.69, 9.17) is 24.7 Å². The Morgan fingerprint density at radius 2 is 1.81 bits per heavy atom. The Bertz CT molecular complexity index is 734. The Hall–Kier alpha value is -1.15. The molecule has 210 valence electrons. The highest BCUT2D eigenvalue weighted by Gasteiger charge is 2.51. The second-order valence-electron chi connectivity index (χ2n) is 10.7. The highest BCUT2D eigenvalue weighted by Crippen LogP contribution is 2.38. The third-order valence-electron chi connectivity index (χ3n) is 6.87. The molecule has 2 aliphatic rings. The number of methoxy groups -OCH3 is 1. The second kappa shape index (κ2) is 13.1. The number of carbonyl (C=O) groups excluding carboxylic acids is 1. The molecule has 0 aromatic carbocycles. The number of esters is 1. The summed E-state index contributed by atoms with van der Waals surface area (Å²) in [5, 5.41) is 53.0. The predicted octanol–water partition coefficient (Wildman–Crippen LogP) is -0.198. The molecule has 0 spiro atoms. The molecule has 2 fully saturated rings. The van der Waals surface area contributed by atoms with Crippen molar-refractivity contribution in [2.24, 2.45) is 23.5 Å². The fourth-order valence-electron chi connectivity index (χ4n) is 4.55. The van der Waals surface area contributed by atoms with Crippen LogP contribution in [0.25, 0.3) is 0 Å². The van der Waals surface area contributed by atoms with Gasteiger partial charge in [0.15, 0.2) is 12.1 Å². The lowest BCUT2D eigenvalue weighted by molar-refractivity contribution is -0.309. The molecule has 11 heteroatoms. The minimum absolute atomic E-state index is 0.0150. The maximum absolute atomic E-state index is 12.6. The van der Waals surface area contributed by atoms with Gasteiger partial charge in [-0.2, -0.15) is 0 Å². The van der Waals surface area contributed by atoms with Crippen LogP contribution in [0.4, 0.5) is 0 Å². The van der Waals surface area contributed by atoms with E-state index >= 15 is 0 Å². The molecule has 0 saturated carbocycles. The topological polar surface area (TPSA) is 181 Å². The Kier molecular flexibility index (Phi) is 11.3. The normalized spacial score (nSPS) is 39.5. The number of allylic oxidation sites excluding steroid dienone is 1. The molecule has 6 unspecified atom stereocenters. The molecule has 0 aromatic rings. The van der Waals surface area contributed by atoms with E-state index in [0.29, 0.717) is 0 Å². The van der Waals surface area contributed by atoms with Crippen LogP contribution < -0.4 is 5.73 Å². The van der Waals surface area contributed by atoms with Crippen LogP contribution in [-0.2, 0) is 23.7 Å². The number of aliphatic hydroxyl groups is 5. The van der Waals surface area contributed by atoms with Gasteiger partial charge in [-0.15, -0.1) is 0 Å². The summed E-state index contributed by atoms with van der Waals surface area (Å²) in [6, 6.07) is -0.994. The van der Waals surface area contributed by atoms with E-state index in [0.717, 1.165) is 0 Å². The molecule has 2 saturated heterocycles. The molecule has 7 N–H and O–H groups in total. The Morgan fingerprint density at radius 1 is 1.17 bits per heavy atom. The summed E-state index contributed by atoms with van der Waals surface area (Å²) in [5.74, 6) is -3.73. The number of nitrogens with two attached hydrogens (primary N) is 1. The maximum atomic E-state index is 12.6. The Labute approximate surface area is 213 Å². The van der Waals surface area contributed by atoms with Gasteiger partial charge in [0.05, 0.1) is 49.8 Å². The van der Waals surface area contributed by atoms with Crippen LogP contribution in [0.1, 0.15) is 53.9 Å². The van der Waals surface area contributed by atoms with E-state index in [-0.39, 0.29) is 31.1 Å². The number of rotatable bonds is 10. The van der Waals surface area contributed by atoms with Gasteiger partial charge in [-0.3, -0.25) is 4.79 Å². The van der Waals surface area contributed by atoms with Gasteiger partial charge in [-0.05, 0) is 18.8 Å². The average Bonchev–Trinajstić information content (AvgIpc) is 2.78. The minimum Gasteiger partial charge on any atom is -0.469 e. The Morgan fingerprint density at radius 3 is 2.36 bits per heavy atom. The largest absolute Gasteiger partial charge is 0.469 e. The van der Waals surface area contributed by atoms with Crippen LogP contribution in [-0.4, -0.2) is 99.5 Å². The number of ether oxygens (including phenoxy) is 4. The van der Waals surface area contributed by atoms with E-state index < -0.39 is 72.7 Å². The van der Waals surface area contributed by atoms with Crippen molar-refractivity contribution in [2.45, 2.75) is 115 Å². The van der Waals surface area contributed by atoms with E-state index in [1.807, 2.05) is 19.9 Å². The maximum Gasteiger partial charge on any atom is 0.313 e. The molecule has 2 rings (SSSR count). The number of aliphatic hydroxyl groups excluding tert-OH is 4. The monoisotopic (exact) mass is 519 g/mol. The summed E-state index contributed by atoms with van der Waals surface area (Å²) in [5.41, 5.74) is 5.94. The Balaban J connectivity index is 2.32. The lowest BCUT2D eigenvalue weighted by atomic mass is 9.82. The first kappa shape index (κ1) is 31.1. The highest BCUT2D eigenvalue weighted by atomic mass is 16.7. The van der Waals surface area contributed by atoms with Crippen molar-refractivity contribution in [1.29, 1.82) is 0 Å². The first-order chi connectivity index (χ1) is 16.7. The first-order valence-corrected chi connectivity index (χ1v) is 12.6. The standard InChI is InChI=1S/C25H45NO10/c1-12(2)7-8-15(35-24-22(30)20(26)21(29)14(5)34-24)9-18-19(23(31)33-6)17(28)11-25(32,36-18)10-16(27)13(3)4/h7-8,12-22,24,27-30,32H,9-11,26H2,1-6H3/b8-7+/t14?,15-,16+,17-,18?,19+,20?,21?,22?,24?,25+/m0/s1. The molecular weight excluding hydrogens is 474 g/mol.